The Kier molecular flexibility index (Phi) is 3.83. The Morgan fingerprint density at radius 1 is 1.18 bits per heavy atom. The average Bonchev–Trinajstić information content (AvgIpc) is 2.46. The van der Waals surface area contributed by atoms with Gasteiger partial charge in [0.2, 0.25) is 5.91 Å². The highest BCUT2D eigenvalue weighted by atomic mass is 35.5. The Labute approximate surface area is 135 Å². The topological polar surface area (TPSA) is 32.3 Å². The second kappa shape index (κ2) is 5.65. The molecule has 1 amide bonds. The zero-order valence-corrected chi connectivity index (χ0v) is 13.7. The van der Waals surface area contributed by atoms with Crippen molar-refractivity contribution in [2.45, 2.75) is 33.4 Å². The smallest absolute Gasteiger partial charge is 0.249 e. The van der Waals surface area contributed by atoms with E-state index in [2.05, 4.69) is 31.3 Å². The summed E-state index contributed by atoms with van der Waals surface area (Å²) in [5.74, 6) is 0.0794. The molecule has 2 aromatic carbocycles. The summed E-state index contributed by atoms with van der Waals surface area (Å²) in [6.45, 7) is 6.57. The predicted octanol–water partition coefficient (Wildman–Crippen LogP) is 4.30. The van der Waals surface area contributed by atoms with Gasteiger partial charge in [0.25, 0.3) is 0 Å². The number of hydrogen-bond donors (Lipinski definition) is 1. The van der Waals surface area contributed by atoms with Crippen LogP contribution in [-0.4, -0.2) is 11.9 Å². The van der Waals surface area contributed by atoms with Gasteiger partial charge in [-0.3, -0.25) is 4.79 Å². The average molecular weight is 315 g/mol. The Bertz CT molecular complexity index is 742. The molecule has 1 atom stereocenters. The van der Waals surface area contributed by atoms with Crippen molar-refractivity contribution in [3.05, 3.63) is 58.1 Å². The zero-order valence-electron chi connectivity index (χ0n) is 13.0. The summed E-state index contributed by atoms with van der Waals surface area (Å²) in [6, 6.07) is 11.6. The van der Waals surface area contributed by atoms with Gasteiger partial charge in [-0.05, 0) is 61.7 Å². The minimum Gasteiger partial charge on any atom is -0.372 e. The lowest BCUT2D eigenvalue weighted by Crippen LogP contribution is -2.45. The molecule has 0 fully saturated rings. The first-order valence-corrected chi connectivity index (χ1v) is 7.77. The van der Waals surface area contributed by atoms with E-state index in [0.29, 0.717) is 11.6 Å². The van der Waals surface area contributed by atoms with Gasteiger partial charge in [-0.25, -0.2) is 0 Å². The molecular weight excluding hydrogens is 296 g/mol. The first kappa shape index (κ1) is 14.9. The highest BCUT2D eigenvalue weighted by molar-refractivity contribution is 6.30. The number of nitrogens with zero attached hydrogens (tertiary/aromatic N) is 1. The van der Waals surface area contributed by atoms with Crippen LogP contribution in [0.3, 0.4) is 0 Å². The highest BCUT2D eigenvalue weighted by Crippen LogP contribution is 2.35. The molecule has 0 aliphatic carbocycles. The molecule has 22 heavy (non-hydrogen) atoms. The van der Waals surface area contributed by atoms with E-state index in [1.165, 1.54) is 11.1 Å². The predicted molar refractivity (Wildman–Crippen MR) is 91.6 cm³/mol. The summed E-state index contributed by atoms with van der Waals surface area (Å²) in [6.07, 6.45) is 0. The number of aryl methyl sites for hydroxylation is 2. The van der Waals surface area contributed by atoms with Crippen molar-refractivity contribution in [3.8, 4) is 0 Å². The highest BCUT2D eigenvalue weighted by Gasteiger charge is 2.30. The van der Waals surface area contributed by atoms with Crippen molar-refractivity contribution in [3.63, 3.8) is 0 Å². The van der Waals surface area contributed by atoms with E-state index in [1.54, 1.807) is 0 Å². The van der Waals surface area contributed by atoms with Gasteiger partial charge in [0.15, 0.2) is 0 Å². The molecule has 0 spiro atoms. The second-order valence-electron chi connectivity index (χ2n) is 5.87. The molecule has 114 valence electrons. The van der Waals surface area contributed by atoms with Crippen molar-refractivity contribution in [1.82, 2.24) is 0 Å². The third-order valence-electron chi connectivity index (χ3n) is 4.14. The van der Waals surface area contributed by atoms with Gasteiger partial charge in [-0.15, -0.1) is 0 Å². The van der Waals surface area contributed by atoms with Gasteiger partial charge in [0.05, 0.1) is 17.9 Å². The molecule has 0 aromatic heterocycles. The largest absolute Gasteiger partial charge is 0.372 e. The number of carbonyl (C=O) groups excluding carboxylic acids is 1. The molecule has 4 heteroatoms. The first-order chi connectivity index (χ1) is 10.5. The number of carbonyl (C=O) groups is 1. The summed E-state index contributed by atoms with van der Waals surface area (Å²) in [5.41, 5.74) is 5.37. The minimum absolute atomic E-state index is 0.0794. The molecular formula is C18H19ClN2O. The van der Waals surface area contributed by atoms with Crippen LogP contribution in [0.25, 0.3) is 0 Å². The van der Waals surface area contributed by atoms with Gasteiger partial charge in [-0.2, -0.15) is 0 Å². The minimum atomic E-state index is -0.228. The van der Waals surface area contributed by atoms with E-state index in [9.17, 15) is 4.79 Å². The number of fused-ring (bicyclic) bond motifs is 1. The summed E-state index contributed by atoms with van der Waals surface area (Å²) < 4.78 is 0. The van der Waals surface area contributed by atoms with Crippen molar-refractivity contribution in [2.75, 3.05) is 10.2 Å². The van der Waals surface area contributed by atoms with E-state index in [1.807, 2.05) is 36.1 Å². The molecule has 1 aliphatic rings. The normalized spacial score (nSPS) is 17.2. The Morgan fingerprint density at radius 2 is 1.91 bits per heavy atom. The number of amides is 1. The number of rotatable bonds is 2. The Balaban J connectivity index is 2.03. The zero-order chi connectivity index (χ0) is 15.9. The maximum Gasteiger partial charge on any atom is 0.249 e. The van der Waals surface area contributed by atoms with Crippen LogP contribution in [0.1, 0.15) is 23.6 Å². The fraction of sp³-hybridized carbons (Fsp3) is 0.278. The molecule has 0 radical (unpaired) electrons. The maximum absolute atomic E-state index is 12.6. The van der Waals surface area contributed by atoms with Crippen LogP contribution in [0.15, 0.2) is 36.4 Å². The van der Waals surface area contributed by atoms with Crippen molar-refractivity contribution < 1.29 is 4.79 Å². The fourth-order valence-corrected chi connectivity index (χ4v) is 2.98. The van der Waals surface area contributed by atoms with E-state index >= 15 is 0 Å². The summed E-state index contributed by atoms with van der Waals surface area (Å²) in [4.78, 5) is 14.4. The van der Waals surface area contributed by atoms with Crippen LogP contribution < -0.4 is 10.2 Å². The van der Waals surface area contributed by atoms with Crippen LogP contribution in [0, 0.1) is 13.8 Å². The lowest BCUT2D eigenvalue weighted by atomic mass is 10.0. The number of halogens is 1. The fourth-order valence-electron chi connectivity index (χ4n) is 2.77. The maximum atomic E-state index is 12.6. The van der Waals surface area contributed by atoms with Gasteiger partial charge in [-0.1, -0.05) is 23.7 Å². The van der Waals surface area contributed by atoms with Gasteiger partial charge < -0.3 is 10.2 Å². The molecule has 1 aliphatic heterocycles. The lowest BCUT2D eigenvalue weighted by molar-refractivity contribution is -0.119. The van der Waals surface area contributed by atoms with Crippen molar-refractivity contribution in [1.29, 1.82) is 0 Å². The van der Waals surface area contributed by atoms with E-state index in [0.717, 1.165) is 16.9 Å². The SMILES string of the molecule is Cc1cc2c(cc1C)N(Cc1cccc(Cl)c1)C(=O)C(C)N2. The van der Waals surface area contributed by atoms with Crippen molar-refractivity contribution in [2.24, 2.45) is 0 Å². The Hall–Kier alpha value is -2.00. The number of anilines is 2. The molecule has 2 aromatic rings. The Morgan fingerprint density at radius 3 is 2.64 bits per heavy atom. The van der Waals surface area contributed by atoms with E-state index < -0.39 is 0 Å². The van der Waals surface area contributed by atoms with Crippen LogP contribution in [-0.2, 0) is 11.3 Å². The summed E-state index contributed by atoms with van der Waals surface area (Å²) in [5, 5.41) is 3.98. The molecule has 0 bridgehead atoms. The van der Waals surface area contributed by atoms with Gasteiger partial charge in [0.1, 0.15) is 6.04 Å². The summed E-state index contributed by atoms with van der Waals surface area (Å²) >= 11 is 6.06. The molecule has 1 unspecified atom stereocenters. The molecule has 0 saturated carbocycles. The van der Waals surface area contributed by atoms with Crippen LogP contribution in [0.2, 0.25) is 5.02 Å². The van der Waals surface area contributed by atoms with Crippen molar-refractivity contribution >= 4 is 28.9 Å². The molecule has 1 heterocycles. The van der Waals surface area contributed by atoms with Crippen LogP contribution in [0.4, 0.5) is 11.4 Å². The molecule has 3 rings (SSSR count). The van der Waals surface area contributed by atoms with E-state index in [4.69, 9.17) is 11.6 Å². The number of hydrogen-bond acceptors (Lipinski definition) is 2. The van der Waals surface area contributed by atoms with Gasteiger partial charge in [0, 0.05) is 5.02 Å². The second-order valence-corrected chi connectivity index (χ2v) is 6.31. The summed E-state index contributed by atoms with van der Waals surface area (Å²) in [7, 11) is 0. The van der Waals surface area contributed by atoms with Crippen LogP contribution >= 0.6 is 11.6 Å². The lowest BCUT2D eigenvalue weighted by Gasteiger charge is -2.34. The molecule has 3 nitrogen and oxygen atoms in total. The van der Waals surface area contributed by atoms with Gasteiger partial charge >= 0.3 is 0 Å². The quantitative estimate of drug-likeness (QED) is 0.896. The number of nitrogens with one attached hydrogen (secondary N) is 1. The third kappa shape index (κ3) is 2.69. The standard InChI is InChI=1S/C18H19ClN2O/c1-11-7-16-17(8-12(11)2)21(18(22)13(3)20-16)10-14-5-4-6-15(19)9-14/h4-9,13,20H,10H2,1-3H3. The monoisotopic (exact) mass is 314 g/mol. The third-order valence-corrected chi connectivity index (χ3v) is 4.38. The molecule has 1 N–H and O–H groups in total. The number of benzene rings is 2. The van der Waals surface area contributed by atoms with Crippen LogP contribution in [0.5, 0.6) is 0 Å². The molecule has 0 saturated heterocycles. The van der Waals surface area contributed by atoms with E-state index in [-0.39, 0.29) is 11.9 Å². The first-order valence-electron chi connectivity index (χ1n) is 7.39.